The Balaban J connectivity index is 2.22. The Bertz CT molecular complexity index is 982. The number of amides is 1. The quantitative estimate of drug-likeness (QED) is 0.676. The zero-order chi connectivity index (χ0) is 19.1. The lowest BCUT2D eigenvalue weighted by Crippen LogP contribution is -2.11. The van der Waals surface area contributed by atoms with Crippen molar-refractivity contribution < 1.29 is 18.0 Å². The van der Waals surface area contributed by atoms with Crippen molar-refractivity contribution in [3.8, 4) is 16.9 Å². The molecule has 1 heterocycles. The van der Waals surface area contributed by atoms with Crippen LogP contribution in [-0.4, -0.2) is 15.7 Å². The van der Waals surface area contributed by atoms with Gasteiger partial charge in [-0.25, -0.2) is 4.68 Å². The molecule has 0 saturated heterocycles. The lowest BCUT2D eigenvalue weighted by atomic mass is 10.1. The van der Waals surface area contributed by atoms with Gasteiger partial charge in [-0.1, -0.05) is 23.2 Å². The van der Waals surface area contributed by atoms with Gasteiger partial charge in [0.2, 0.25) is 5.91 Å². The van der Waals surface area contributed by atoms with Crippen LogP contribution in [0.15, 0.2) is 48.5 Å². The Kier molecular flexibility index (Phi) is 4.68. The number of nitrogens with two attached hydrogens (primary N) is 1. The van der Waals surface area contributed by atoms with Gasteiger partial charge in [0.1, 0.15) is 0 Å². The first kappa shape index (κ1) is 18.3. The van der Waals surface area contributed by atoms with Gasteiger partial charge >= 0.3 is 6.18 Å². The number of aromatic nitrogens is 2. The van der Waals surface area contributed by atoms with Crippen molar-refractivity contribution in [3.05, 3.63) is 69.8 Å². The Morgan fingerprint density at radius 1 is 1.04 bits per heavy atom. The van der Waals surface area contributed by atoms with Crippen LogP contribution in [0.2, 0.25) is 10.0 Å². The van der Waals surface area contributed by atoms with Crippen LogP contribution in [0.5, 0.6) is 0 Å². The van der Waals surface area contributed by atoms with Gasteiger partial charge in [0.15, 0.2) is 5.69 Å². The molecule has 3 aromatic rings. The Morgan fingerprint density at radius 3 is 2.27 bits per heavy atom. The zero-order valence-corrected chi connectivity index (χ0v) is 14.4. The van der Waals surface area contributed by atoms with E-state index in [0.29, 0.717) is 16.3 Å². The minimum atomic E-state index is -4.64. The predicted octanol–water partition coefficient (Wildman–Crippen LogP) is 4.96. The van der Waals surface area contributed by atoms with E-state index in [2.05, 4.69) is 5.10 Å². The summed E-state index contributed by atoms with van der Waals surface area (Å²) in [6, 6.07) is 11.0. The molecule has 1 amide bonds. The van der Waals surface area contributed by atoms with Gasteiger partial charge < -0.3 is 5.73 Å². The third kappa shape index (κ3) is 3.54. The zero-order valence-electron chi connectivity index (χ0n) is 12.9. The average molecular weight is 400 g/mol. The molecule has 134 valence electrons. The van der Waals surface area contributed by atoms with Crippen molar-refractivity contribution in [2.75, 3.05) is 0 Å². The smallest absolute Gasteiger partial charge is 0.366 e. The lowest BCUT2D eigenvalue weighted by molar-refractivity contribution is -0.141. The maximum atomic E-state index is 13.2. The molecule has 2 N–H and O–H groups in total. The van der Waals surface area contributed by atoms with Crippen molar-refractivity contribution in [2.24, 2.45) is 5.73 Å². The number of carbonyl (C=O) groups is 1. The number of hydrogen-bond donors (Lipinski definition) is 1. The molecule has 26 heavy (non-hydrogen) atoms. The molecular formula is C17H10Cl2F3N3O. The summed E-state index contributed by atoms with van der Waals surface area (Å²) in [5, 5.41) is 4.18. The summed E-state index contributed by atoms with van der Waals surface area (Å²) in [5.41, 5.74) is 5.02. The molecule has 0 radical (unpaired) electrons. The van der Waals surface area contributed by atoms with Gasteiger partial charge in [-0.05, 0) is 48.5 Å². The van der Waals surface area contributed by atoms with Crippen molar-refractivity contribution in [2.45, 2.75) is 6.18 Å². The SMILES string of the molecule is NC(=O)c1ccc(-n2nc(C(F)(F)F)cc2-c2cc(Cl)ccc2Cl)cc1. The van der Waals surface area contributed by atoms with Crippen LogP contribution < -0.4 is 5.73 Å². The molecule has 3 rings (SSSR count). The van der Waals surface area contributed by atoms with E-state index in [1.807, 2.05) is 0 Å². The largest absolute Gasteiger partial charge is 0.435 e. The van der Waals surface area contributed by atoms with Gasteiger partial charge in [-0.2, -0.15) is 18.3 Å². The number of alkyl halides is 3. The molecule has 0 bridgehead atoms. The summed E-state index contributed by atoms with van der Waals surface area (Å²) in [5.74, 6) is -0.647. The van der Waals surface area contributed by atoms with E-state index >= 15 is 0 Å². The van der Waals surface area contributed by atoms with Crippen molar-refractivity contribution in [3.63, 3.8) is 0 Å². The monoisotopic (exact) mass is 399 g/mol. The Hall–Kier alpha value is -2.51. The maximum absolute atomic E-state index is 13.2. The predicted molar refractivity (Wildman–Crippen MR) is 92.5 cm³/mol. The van der Waals surface area contributed by atoms with Gasteiger partial charge in [-0.3, -0.25) is 4.79 Å². The van der Waals surface area contributed by atoms with Gasteiger partial charge in [0, 0.05) is 16.1 Å². The fraction of sp³-hybridized carbons (Fsp3) is 0.0588. The number of nitrogens with zero attached hydrogens (tertiary/aromatic N) is 2. The Labute approximate surface area is 155 Å². The number of primary amides is 1. The normalized spacial score (nSPS) is 11.6. The van der Waals surface area contributed by atoms with E-state index in [1.165, 1.54) is 42.5 Å². The van der Waals surface area contributed by atoms with E-state index in [1.54, 1.807) is 0 Å². The van der Waals surface area contributed by atoms with Crippen LogP contribution >= 0.6 is 23.2 Å². The highest BCUT2D eigenvalue weighted by Crippen LogP contribution is 2.36. The summed E-state index contributed by atoms with van der Waals surface area (Å²) in [6.45, 7) is 0. The molecule has 1 aromatic heterocycles. The van der Waals surface area contributed by atoms with Gasteiger partial charge in [0.05, 0.1) is 16.4 Å². The summed E-state index contributed by atoms with van der Waals surface area (Å²) < 4.78 is 40.6. The highest BCUT2D eigenvalue weighted by atomic mass is 35.5. The van der Waals surface area contributed by atoms with Crippen LogP contribution in [-0.2, 0) is 6.18 Å². The van der Waals surface area contributed by atoms with Crippen LogP contribution in [0.1, 0.15) is 16.1 Å². The highest BCUT2D eigenvalue weighted by molar-refractivity contribution is 6.35. The first-order valence-corrected chi connectivity index (χ1v) is 7.95. The number of carbonyl (C=O) groups excluding carboxylic acids is 1. The third-order valence-corrected chi connectivity index (χ3v) is 4.17. The van der Waals surface area contributed by atoms with E-state index < -0.39 is 17.8 Å². The van der Waals surface area contributed by atoms with Crippen LogP contribution in [0.25, 0.3) is 16.9 Å². The topological polar surface area (TPSA) is 60.9 Å². The summed E-state index contributed by atoms with van der Waals surface area (Å²) >= 11 is 12.1. The third-order valence-electron chi connectivity index (χ3n) is 3.60. The number of halogens is 5. The molecule has 4 nitrogen and oxygen atoms in total. The molecule has 0 saturated carbocycles. The molecular weight excluding hydrogens is 390 g/mol. The minimum Gasteiger partial charge on any atom is -0.366 e. The van der Waals surface area contributed by atoms with Crippen molar-refractivity contribution in [1.82, 2.24) is 9.78 Å². The van der Waals surface area contributed by atoms with E-state index in [4.69, 9.17) is 28.9 Å². The fourth-order valence-corrected chi connectivity index (χ4v) is 2.76. The van der Waals surface area contributed by atoms with Crippen molar-refractivity contribution in [1.29, 1.82) is 0 Å². The van der Waals surface area contributed by atoms with Crippen molar-refractivity contribution >= 4 is 29.1 Å². The number of hydrogen-bond acceptors (Lipinski definition) is 2. The minimum absolute atomic E-state index is 0.108. The molecule has 0 aliphatic rings. The Morgan fingerprint density at radius 2 is 1.69 bits per heavy atom. The molecule has 0 atom stereocenters. The van der Waals surface area contributed by atoms with Gasteiger partial charge in [0.25, 0.3) is 0 Å². The first-order chi connectivity index (χ1) is 12.2. The average Bonchev–Trinajstić information content (AvgIpc) is 3.02. The van der Waals surface area contributed by atoms with Crippen LogP contribution in [0.3, 0.4) is 0 Å². The maximum Gasteiger partial charge on any atom is 0.435 e. The van der Waals surface area contributed by atoms with E-state index in [-0.39, 0.29) is 16.3 Å². The fourth-order valence-electron chi connectivity index (χ4n) is 2.37. The second-order valence-corrected chi connectivity index (χ2v) is 6.20. The molecule has 0 aliphatic carbocycles. The number of benzene rings is 2. The second-order valence-electron chi connectivity index (χ2n) is 5.36. The molecule has 2 aromatic carbocycles. The van der Waals surface area contributed by atoms with E-state index in [9.17, 15) is 18.0 Å². The summed E-state index contributed by atoms with van der Waals surface area (Å²) in [7, 11) is 0. The standard InChI is InChI=1S/C17H10Cl2F3N3O/c18-10-3-6-13(19)12(7-10)14-8-15(17(20,21)22)24-25(14)11-4-1-9(2-5-11)16(23)26/h1-8H,(H2,23,26). The van der Waals surface area contributed by atoms with E-state index in [0.717, 1.165) is 10.7 Å². The molecule has 0 spiro atoms. The highest BCUT2D eigenvalue weighted by Gasteiger charge is 2.35. The van der Waals surface area contributed by atoms with Crippen LogP contribution in [0, 0.1) is 0 Å². The van der Waals surface area contributed by atoms with Gasteiger partial charge in [-0.15, -0.1) is 0 Å². The summed E-state index contributed by atoms with van der Waals surface area (Å²) in [6.07, 6.45) is -4.64. The molecule has 0 unspecified atom stereocenters. The van der Waals surface area contributed by atoms with Crippen LogP contribution in [0.4, 0.5) is 13.2 Å². The number of rotatable bonds is 3. The molecule has 0 fully saturated rings. The second kappa shape index (κ2) is 6.66. The molecule has 9 heteroatoms. The lowest BCUT2D eigenvalue weighted by Gasteiger charge is -2.10. The summed E-state index contributed by atoms with van der Waals surface area (Å²) in [4.78, 5) is 11.2. The molecule has 0 aliphatic heterocycles. The first-order valence-electron chi connectivity index (χ1n) is 7.20.